The molecule has 2 bridgehead atoms. The smallest absolute Gasteiger partial charge is 0.250 e. The fourth-order valence-electron chi connectivity index (χ4n) is 4.03. The molecular weight excluding hydrogens is 298 g/mol. The van der Waals surface area contributed by atoms with E-state index in [1.807, 2.05) is 10.6 Å². The zero-order valence-corrected chi connectivity index (χ0v) is 12.7. The van der Waals surface area contributed by atoms with Gasteiger partial charge in [0, 0.05) is 49.4 Å². The molecule has 5 heteroatoms. The summed E-state index contributed by atoms with van der Waals surface area (Å²) in [5.74, 6) is -0.0970. The summed E-state index contributed by atoms with van der Waals surface area (Å²) < 4.78 is 29.1. The first-order chi connectivity index (χ1) is 11.1. The molecule has 120 valence electrons. The third kappa shape index (κ3) is 2.70. The average Bonchev–Trinajstić information content (AvgIpc) is 2.52. The van der Waals surface area contributed by atoms with Crippen molar-refractivity contribution in [2.45, 2.75) is 25.4 Å². The van der Waals surface area contributed by atoms with Gasteiger partial charge in [-0.3, -0.25) is 9.69 Å². The van der Waals surface area contributed by atoms with E-state index in [2.05, 4.69) is 4.90 Å². The summed E-state index contributed by atoms with van der Waals surface area (Å²) in [5.41, 5.74) is 1.52. The van der Waals surface area contributed by atoms with Gasteiger partial charge in [0.15, 0.2) is 0 Å². The van der Waals surface area contributed by atoms with E-state index in [1.165, 1.54) is 12.1 Å². The van der Waals surface area contributed by atoms with Crippen molar-refractivity contribution in [2.75, 3.05) is 13.1 Å². The van der Waals surface area contributed by atoms with Gasteiger partial charge in [-0.2, -0.15) is 0 Å². The van der Waals surface area contributed by atoms with Crippen molar-refractivity contribution >= 4 is 0 Å². The van der Waals surface area contributed by atoms with Crippen LogP contribution in [0.5, 0.6) is 0 Å². The molecule has 2 aliphatic rings. The molecule has 0 radical (unpaired) electrons. The quantitative estimate of drug-likeness (QED) is 0.851. The second-order valence-electron chi connectivity index (χ2n) is 6.63. The Morgan fingerprint density at radius 3 is 2.83 bits per heavy atom. The SMILES string of the molecule is O=c1cccc2n1C[C@@H]1C[C@@H]2CN(Cc2cc(F)ccc2F)C1. The number of hydrogen-bond donors (Lipinski definition) is 0. The molecule has 23 heavy (non-hydrogen) atoms. The van der Waals surface area contributed by atoms with Gasteiger partial charge >= 0.3 is 0 Å². The lowest BCUT2D eigenvalue weighted by Gasteiger charge is -2.42. The van der Waals surface area contributed by atoms with Crippen molar-refractivity contribution in [3.63, 3.8) is 0 Å². The maximum Gasteiger partial charge on any atom is 0.250 e. The highest BCUT2D eigenvalue weighted by atomic mass is 19.1. The molecule has 1 fully saturated rings. The van der Waals surface area contributed by atoms with Crippen LogP contribution in [0.1, 0.15) is 23.6 Å². The van der Waals surface area contributed by atoms with E-state index in [1.54, 1.807) is 12.1 Å². The predicted octanol–water partition coefficient (Wildman–Crippen LogP) is 2.75. The number of pyridine rings is 1. The molecule has 3 nitrogen and oxygen atoms in total. The number of nitrogens with zero attached hydrogens (tertiary/aromatic N) is 2. The predicted molar refractivity (Wildman–Crippen MR) is 83.2 cm³/mol. The summed E-state index contributed by atoms with van der Waals surface area (Å²) >= 11 is 0. The first kappa shape index (κ1) is 14.6. The molecule has 3 heterocycles. The number of fused-ring (bicyclic) bond motifs is 4. The number of hydrogen-bond acceptors (Lipinski definition) is 2. The minimum atomic E-state index is -0.407. The van der Waals surface area contributed by atoms with Gasteiger partial charge in [0.2, 0.25) is 0 Å². The van der Waals surface area contributed by atoms with Crippen molar-refractivity contribution in [1.82, 2.24) is 9.47 Å². The summed E-state index contributed by atoms with van der Waals surface area (Å²) in [5, 5.41) is 0. The minimum absolute atomic E-state index is 0.0572. The highest BCUT2D eigenvalue weighted by molar-refractivity contribution is 5.20. The Kier molecular flexibility index (Phi) is 3.53. The van der Waals surface area contributed by atoms with Crippen LogP contribution in [0.15, 0.2) is 41.2 Å². The van der Waals surface area contributed by atoms with Crippen molar-refractivity contribution in [3.8, 4) is 0 Å². The molecule has 0 aliphatic carbocycles. The van der Waals surface area contributed by atoms with Crippen molar-refractivity contribution in [3.05, 3.63) is 69.6 Å². The summed E-state index contributed by atoms with van der Waals surface area (Å²) in [4.78, 5) is 14.2. The van der Waals surface area contributed by atoms with Crippen LogP contribution in [0.25, 0.3) is 0 Å². The fraction of sp³-hybridized carbons (Fsp3) is 0.389. The van der Waals surface area contributed by atoms with Crippen LogP contribution in [-0.2, 0) is 13.1 Å². The molecule has 1 aromatic carbocycles. The third-order valence-corrected chi connectivity index (χ3v) is 4.96. The van der Waals surface area contributed by atoms with Crippen LogP contribution < -0.4 is 5.56 Å². The number of rotatable bonds is 2. The number of aromatic nitrogens is 1. The van der Waals surface area contributed by atoms with Gasteiger partial charge in [-0.1, -0.05) is 6.07 Å². The molecule has 0 saturated carbocycles. The largest absolute Gasteiger partial charge is 0.312 e. The number of likely N-dealkylation sites (tertiary alicyclic amines) is 1. The van der Waals surface area contributed by atoms with Gasteiger partial charge in [0.05, 0.1) is 0 Å². The van der Waals surface area contributed by atoms with E-state index in [0.717, 1.165) is 31.3 Å². The Hall–Kier alpha value is -2.01. The first-order valence-corrected chi connectivity index (χ1v) is 7.96. The molecule has 2 aromatic rings. The van der Waals surface area contributed by atoms with Crippen LogP contribution in [-0.4, -0.2) is 22.6 Å². The molecule has 2 atom stereocenters. The maximum absolute atomic E-state index is 13.9. The highest BCUT2D eigenvalue weighted by Crippen LogP contribution is 2.35. The Morgan fingerprint density at radius 2 is 1.96 bits per heavy atom. The summed E-state index contributed by atoms with van der Waals surface area (Å²) in [7, 11) is 0. The van der Waals surface area contributed by atoms with E-state index < -0.39 is 5.82 Å². The van der Waals surface area contributed by atoms with E-state index >= 15 is 0 Å². The third-order valence-electron chi connectivity index (χ3n) is 4.96. The normalized spacial score (nSPS) is 23.6. The van der Waals surface area contributed by atoms with E-state index in [4.69, 9.17) is 0 Å². The number of halogens is 2. The Bertz CT molecular complexity index is 802. The van der Waals surface area contributed by atoms with Crippen molar-refractivity contribution in [2.24, 2.45) is 5.92 Å². The standard InChI is InChI=1S/C18H18F2N2O/c19-15-4-5-16(20)13(7-15)10-21-8-12-6-14(11-21)17-2-1-3-18(23)22(17)9-12/h1-5,7,12,14H,6,8-11H2/t12-,14-/m1/s1. The molecule has 1 saturated heterocycles. The van der Waals surface area contributed by atoms with Crippen LogP contribution in [0, 0.1) is 17.6 Å². The molecule has 0 amide bonds. The monoisotopic (exact) mass is 316 g/mol. The van der Waals surface area contributed by atoms with Crippen LogP contribution >= 0.6 is 0 Å². The van der Waals surface area contributed by atoms with Gasteiger partial charge in [-0.05, 0) is 36.6 Å². The van der Waals surface area contributed by atoms with E-state index in [9.17, 15) is 13.6 Å². The van der Waals surface area contributed by atoms with Gasteiger partial charge < -0.3 is 4.57 Å². The number of piperidine rings is 1. The molecule has 0 unspecified atom stereocenters. The average molecular weight is 316 g/mol. The summed E-state index contributed by atoms with van der Waals surface area (Å²) in [6.07, 6.45) is 1.06. The molecule has 0 spiro atoms. The van der Waals surface area contributed by atoms with Crippen LogP contribution in [0.3, 0.4) is 0 Å². The van der Waals surface area contributed by atoms with Crippen molar-refractivity contribution < 1.29 is 8.78 Å². The maximum atomic E-state index is 13.9. The van der Waals surface area contributed by atoms with E-state index in [0.29, 0.717) is 24.6 Å². The lowest BCUT2D eigenvalue weighted by Crippen LogP contribution is -2.46. The molecular formula is C18H18F2N2O. The second kappa shape index (κ2) is 5.57. The zero-order valence-electron chi connectivity index (χ0n) is 12.7. The van der Waals surface area contributed by atoms with Gasteiger partial charge in [0.1, 0.15) is 11.6 Å². The topological polar surface area (TPSA) is 25.2 Å². The fourth-order valence-corrected chi connectivity index (χ4v) is 4.03. The zero-order chi connectivity index (χ0) is 16.0. The molecule has 0 N–H and O–H groups in total. The molecule has 2 aliphatic heterocycles. The first-order valence-electron chi connectivity index (χ1n) is 7.96. The van der Waals surface area contributed by atoms with Crippen LogP contribution in [0.4, 0.5) is 8.78 Å². The lowest BCUT2D eigenvalue weighted by molar-refractivity contribution is 0.113. The molecule has 4 rings (SSSR count). The Balaban J connectivity index is 1.59. The summed E-state index contributed by atoms with van der Waals surface area (Å²) in [6.45, 7) is 2.71. The Morgan fingerprint density at radius 1 is 1.09 bits per heavy atom. The summed E-state index contributed by atoms with van der Waals surface area (Å²) in [6, 6.07) is 9.02. The minimum Gasteiger partial charge on any atom is -0.312 e. The van der Waals surface area contributed by atoms with E-state index in [-0.39, 0.29) is 17.3 Å². The van der Waals surface area contributed by atoms with Gasteiger partial charge in [0.25, 0.3) is 5.56 Å². The van der Waals surface area contributed by atoms with Crippen LogP contribution in [0.2, 0.25) is 0 Å². The highest BCUT2D eigenvalue weighted by Gasteiger charge is 2.34. The van der Waals surface area contributed by atoms with Gasteiger partial charge in [-0.15, -0.1) is 0 Å². The Labute approximate surface area is 133 Å². The second-order valence-corrected chi connectivity index (χ2v) is 6.63. The molecule has 1 aromatic heterocycles. The number of benzene rings is 1. The van der Waals surface area contributed by atoms with Crippen molar-refractivity contribution in [1.29, 1.82) is 0 Å². The lowest BCUT2D eigenvalue weighted by atomic mass is 9.83. The van der Waals surface area contributed by atoms with Gasteiger partial charge in [-0.25, -0.2) is 8.78 Å².